The van der Waals surface area contributed by atoms with E-state index in [4.69, 9.17) is 4.74 Å². The van der Waals surface area contributed by atoms with E-state index in [1.165, 1.54) is 66.0 Å². The van der Waals surface area contributed by atoms with E-state index in [0.29, 0.717) is 0 Å². The Morgan fingerprint density at radius 2 is 1.00 bits per heavy atom. The fraction of sp³-hybridized carbons (Fsp3) is 0.0545. The minimum atomic E-state index is -1.85. The number of benzene rings is 9. The molecule has 0 fully saturated rings. The van der Waals surface area contributed by atoms with Crippen LogP contribution in [0.3, 0.4) is 0 Å². The maximum Gasteiger partial charge on any atom is 0.257 e. The van der Waals surface area contributed by atoms with Crippen LogP contribution in [-0.2, 0) is 0 Å². The van der Waals surface area contributed by atoms with Crippen molar-refractivity contribution >= 4 is 81.3 Å². The molecule has 0 bridgehead atoms. The molecule has 11 rings (SSSR count). The zero-order chi connectivity index (χ0) is 40.4. The van der Waals surface area contributed by atoms with Gasteiger partial charge in [-0.1, -0.05) is 170 Å². The predicted octanol–water partition coefficient (Wildman–Crippen LogP) is 12.6. The summed E-state index contributed by atoms with van der Waals surface area (Å²) in [7, 11) is -1.85. The number of para-hydroxylation sites is 2. The van der Waals surface area contributed by atoms with Crippen LogP contribution < -0.4 is 36.1 Å². The summed E-state index contributed by atoms with van der Waals surface area (Å²) in [6.07, 6.45) is 0. The molecule has 0 spiro atoms. The average Bonchev–Trinajstić information content (AvgIpc) is 3.29. The minimum Gasteiger partial charge on any atom is -0.458 e. The normalized spacial score (nSPS) is 12.7. The van der Waals surface area contributed by atoms with Crippen molar-refractivity contribution in [3.8, 4) is 33.8 Å². The van der Waals surface area contributed by atoms with Gasteiger partial charge < -0.3 is 14.5 Å². The minimum absolute atomic E-state index is 0.0661. The Balaban J connectivity index is 1.21. The molecule has 2 aliphatic heterocycles. The molecule has 9 aromatic carbocycles. The molecule has 0 radical (unpaired) electrons. The zero-order valence-electron chi connectivity index (χ0n) is 34.0. The van der Waals surface area contributed by atoms with Crippen LogP contribution in [0.4, 0.5) is 34.1 Å². The fourth-order valence-corrected chi connectivity index (χ4v) is 10.5. The van der Waals surface area contributed by atoms with Gasteiger partial charge >= 0.3 is 0 Å². The third kappa shape index (κ3) is 6.04. The summed E-state index contributed by atoms with van der Waals surface area (Å²) in [5, 5.41) is 3.73. The second kappa shape index (κ2) is 14.3. The molecule has 2 heterocycles. The Morgan fingerprint density at radius 3 is 1.63 bits per heavy atom. The van der Waals surface area contributed by atoms with Gasteiger partial charge in [-0.05, 0) is 98.6 Å². The van der Waals surface area contributed by atoms with Gasteiger partial charge in [-0.2, -0.15) is 0 Å². The second-order valence-electron chi connectivity index (χ2n) is 16.9. The number of rotatable bonds is 7. The molecule has 2 aliphatic rings. The van der Waals surface area contributed by atoms with E-state index in [-0.39, 0.29) is 6.71 Å². The quantitative estimate of drug-likeness (QED) is 0.150. The van der Waals surface area contributed by atoms with E-state index in [1.54, 1.807) is 0 Å². The average molecular weight is 787 g/mol. The first-order valence-electron chi connectivity index (χ1n) is 20.9. The Morgan fingerprint density at radius 1 is 0.450 bits per heavy atom. The van der Waals surface area contributed by atoms with Gasteiger partial charge in [0.1, 0.15) is 11.5 Å². The van der Waals surface area contributed by atoms with Crippen molar-refractivity contribution in [1.29, 1.82) is 0 Å². The Bertz CT molecular complexity index is 3020. The van der Waals surface area contributed by atoms with E-state index < -0.39 is 8.07 Å². The summed E-state index contributed by atoms with van der Waals surface area (Å²) < 4.78 is 7.38. The molecular formula is C55H43BN2OSi. The van der Waals surface area contributed by atoms with Crippen molar-refractivity contribution in [3.63, 3.8) is 0 Å². The number of hydrogen-bond acceptors (Lipinski definition) is 3. The lowest BCUT2D eigenvalue weighted by molar-refractivity contribution is 0.488. The van der Waals surface area contributed by atoms with E-state index in [2.05, 4.69) is 236 Å². The second-order valence-corrected chi connectivity index (χ2v) is 22.0. The highest BCUT2D eigenvalue weighted by Crippen LogP contribution is 2.46. The maximum absolute atomic E-state index is 7.38. The number of anilines is 6. The largest absolute Gasteiger partial charge is 0.458 e. The highest BCUT2D eigenvalue weighted by atomic mass is 28.3. The molecule has 9 aromatic rings. The Kier molecular flexibility index (Phi) is 8.61. The highest BCUT2D eigenvalue weighted by Gasteiger charge is 2.44. The molecule has 0 saturated carbocycles. The lowest BCUT2D eigenvalue weighted by atomic mass is 9.33. The van der Waals surface area contributed by atoms with Crippen LogP contribution in [0.1, 0.15) is 0 Å². The lowest BCUT2D eigenvalue weighted by Crippen LogP contribution is -2.60. The number of fused-ring (bicyclic) bond motifs is 6. The van der Waals surface area contributed by atoms with Crippen LogP contribution >= 0.6 is 0 Å². The summed E-state index contributed by atoms with van der Waals surface area (Å²) in [6, 6.07) is 75.1. The number of ether oxygens (including phenoxy) is 1. The standard InChI is InChI=1S/C55H43BN2OSi/c1-60(2,3)45-35-51-55-52(36-45)59-53-37-49(57(42-24-12-6-13-25-42)43-26-14-7-15-27-43)46-29-16-17-30-47(46)54(53)56(55)48-32-31-41(39-21-10-5-11-22-39)34-50(48)58(51)44-28-18-23-40(33-44)38-19-8-4-9-20-38/h4-37H,1-3H3. The van der Waals surface area contributed by atoms with E-state index in [0.717, 1.165) is 34.2 Å². The predicted molar refractivity (Wildman–Crippen MR) is 258 cm³/mol. The molecule has 60 heavy (non-hydrogen) atoms. The van der Waals surface area contributed by atoms with Crippen LogP contribution in [-0.4, -0.2) is 14.8 Å². The van der Waals surface area contributed by atoms with Gasteiger partial charge in [-0.15, -0.1) is 0 Å². The van der Waals surface area contributed by atoms with Crippen molar-refractivity contribution in [2.45, 2.75) is 19.6 Å². The summed E-state index contributed by atoms with van der Waals surface area (Å²) >= 11 is 0. The van der Waals surface area contributed by atoms with Gasteiger partial charge in [0.2, 0.25) is 0 Å². The van der Waals surface area contributed by atoms with Gasteiger partial charge in [-0.3, -0.25) is 0 Å². The molecular weight excluding hydrogens is 744 g/mol. The van der Waals surface area contributed by atoms with Crippen LogP contribution in [0.15, 0.2) is 206 Å². The van der Waals surface area contributed by atoms with Crippen molar-refractivity contribution in [3.05, 3.63) is 206 Å². The third-order valence-electron chi connectivity index (χ3n) is 12.2. The van der Waals surface area contributed by atoms with Gasteiger partial charge in [0, 0.05) is 39.9 Å². The number of nitrogens with zero attached hydrogens (tertiary/aromatic N) is 2. The smallest absolute Gasteiger partial charge is 0.257 e. The van der Waals surface area contributed by atoms with Gasteiger partial charge in [0.05, 0.1) is 13.8 Å². The van der Waals surface area contributed by atoms with E-state index in [9.17, 15) is 0 Å². The van der Waals surface area contributed by atoms with Crippen LogP contribution in [0.2, 0.25) is 19.6 Å². The molecule has 0 amide bonds. The zero-order valence-corrected chi connectivity index (χ0v) is 35.0. The highest BCUT2D eigenvalue weighted by molar-refractivity contribution is 7.01. The van der Waals surface area contributed by atoms with Gasteiger partial charge in [0.25, 0.3) is 6.71 Å². The molecule has 286 valence electrons. The molecule has 0 aromatic heterocycles. The Hall–Kier alpha value is -7.08. The summed E-state index contributed by atoms with van der Waals surface area (Å²) in [5.41, 5.74) is 15.2. The molecule has 0 unspecified atom stereocenters. The SMILES string of the molecule is C[Si](C)(C)c1cc2c3c(c1)N(c1cccc(-c4ccccc4)c1)c1cc(-c4ccccc4)ccc1B3c1c(cc(N(c3ccccc3)c3ccccc3)c3ccccc13)O2. The van der Waals surface area contributed by atoms with Crippen LogP contribution in [0.25, 0.3) is 33.0 Å². The molecule has 3 nitrogen and oxygen atoms in total. The van der Waals surface area contributed by atoms with E-state index >= 15 is 0 Å². The van der Waals surface area contributed by atoms with Crippen molar-refractivity contribution in [2.24, 2.45) is 0 Å². The third-order valence-corrected chi connectivity index (χ3v) is 14.2. The number of hydrogen-bond donors (Lipinski definition) is 0. The molecule has 0 aliphatic carbocycles. The summed E-state index contributed by atoms with van der Waals surface area (Å²) in [6.45, 7) is 7.24. The molecule has 5 heteroatoms. The van der Waals surface area contributed by atoms with Crippen molar-refractivity contribution in [2.75, 3.05) is 9.80 Å². The van der Waals surface area contributed by atoms with Crippen LogP contribution in [0.5, 0.6) is 11.5 Å². The van der Waals surface area contributed by atoms with Gasteiger partial charge in [-0.25, -0.2) is 0 Å². The topological polar surface area (TPSA) is 15.7 Å². The lowest BCUT2D eigenvalue weighted by Gasteiger charge is -2.42. The Labute approximate surface area is 353 Å². The van der Waals surface area contributed by atoms with Crippen molar-refractivity contribution < 1.29 is 4.74 Å². The molecule has 0 saturated heterocycles. The first-order chi connectivity index (χ1) is 29.4. The van der Waals surface area contributed by atoms with Gasteiger partial charge in [0.15, 0.2) is 0 Å². The first-order valence-corrected chi connectivity index (χ1v) is 24.4. The first kappa shape index (κ1) is 36.0. The summed E-state index contributed by atoms with van der Waals surface area (Å²) in [4.78, 5) is 4.89. The molecule has 0 N–H and O–H groups in total. The molecule has 0 atom stereocenters. The monoisotopic (exact) mass is 786 g/mol. The fourth-order valence-electron chi connectivity index (χ4n) is 9.34. The maximum atomic E-state index is 7.38. The summed E-state index contributed by atoms with van der Waals surface area (Å²) in [5.74, 6) is 1.84. The van der Waals surface area contributed by atoms with Crippen LogP contribution in [0, 0.1) is 0 Å². The van der Waals surface area contributed by atoms with E-state index in [1.807, 2.05) is 0 Å². The van der Waals surface area contributed by atoms with Crippen molar-refractivity contribution in [1.82, 2.24) is 0 Å².